The van der Waals surface area contributed by atoms with E-state index >= 15 is 0 Å². The maximum absolute atomic E-state index is 10.8. The highest BCUT2D eigenvalue weighted by Gasteiger charge is 2.27. The van der Waals surface area contributed by atoms with Gasteiger partial charge in [-0.15, -0.1) is 0 Å². The van der Waals surface area contributed by atoms with Gasteiger partial charge in [0.25, 0.3) is 0 Å². The Morgan fingerprint density at radius 3 is 2.11 bits per heavy atom. The molecule has 1 nitrogen and oxygen atoms in total. The van der Waals surface area contributed by atoms with Crippen LogP contribution in [0, 0.1) is 0 Å². The first-order valence-electron chi connectivity index (χ1n) is 6.50. The van der Waals surface area contributed by atoms with Crippen LogP contribution < -0.4 is 0 Å². The van der Waals surface area contributed by atoms with Crippen LogP contribution in [0.25, 0.3) is 0 Å². The molecule has 0 aliphatic rings. The predicted molar refractivity (Wildman–Crippen MR) is 83.3 cm³/mol. The molecule has 0 aliphatic heterocycles. The first-order chi connectivity index (χ1) is 8.93. The molecular weight excluding hydrogens is 300 g/mol. The summed E-state index contributed by atoms with van der Waals surface area (Å²) in [4.78, 5) is 0. The van der Waals surface area contributed by atoms with E-state index in [4.69, 9.17) is 0 Å². The number of hydrogen-bond acceptors (Lipinski definition) is 1. The van der Waals surface area contributed by atoms with Gasteiger partial charge in [0.1, 0.15) is 5.60 Å². The molecule has 0 radical (unpaired) electrons. The Hall–Kier alpha value is -1.12. The van der Waals surface area contributed by atoms with E-state index in [0.29, 0.717) is 5.92 Å². The molecule has 0 saturated carbocycles. The SMILES string of the molecule is CC(C)c1ccc(C(C)(O)c2ccccc2Br)cc1. The molecule has 2 aromatic carbocycles. The lowest BCUT2D eigenvalue weighted by atomic mass is 9.87. The maximum Gasteiger partial charge on any atom is 0.113 e. The molecule has 1 atom stereocenters. The fraction of sp³-hybridized carbons (Fsp3) is 0.294. The van der Waals surface area contributed by atoms with Gasteiger partial charge < -0.3 is 5.11 Å². The second kappa shape index (κ2) is 5.48. The molecule has 0 saturated heterocycles. The van der Waals surface area contributed by atoms with Crippen molar-refractivity contribution in [1.29, 1.82) is 0 Å². The zero-order valence-electron chi connectivity index (χ0n) is 11.5. The number of halogens is 1. The van der Waals surface area contributed by atoms with E-state index in [-0.39, 0.29) is 0 Å². The Labute approximate surface area is 123 Å². The minimum absolute atomic E-state index is 0.502. The molecule has 2 rings (SSSR count). The molecule has 0 aliphatic carbocycles. The number of benzene rings is 2. The molecule has 100 valence electrons. The lowest BCUT2D eigenvalue weighted by molar-refractivity contribution is 0.101. The van der Waals surface area contributed by atoms with Crippen molar-refractivity contribution in [2.45, 2.75) is 32.3 Å². The van der Waals surface area contributed by atoms with Crippen LogP contribution in [0.15, 0.2) is 53.0 Å². The monoisotopic (exact) mass is 318 g/mol. The van der Waals surface area contributed by atoms with Crippen molar-refractivity contribution in [2.24, 2.45) is 0 Å². The Bertz CT molecular complexity index is 556. The third-order valence-electron chi connectivity index (χ3n) is 3.54. The quantitative estimate of drug-likeness (QED) is 0.859. The van der Waals surface area contributed by atoms with Crippen molar-refractivity contribution in [3.05, 3.63) is 69.7 Å². The van der Waals surface area contributed by atoms with Gasteiger partial charge in [-0.2, -0.15) is 0 Å². The molecule has 0 amide bonds. The minimum atomic E-state index is -0.990. The van der Waals surface area contributed by atoms with Crippen molar-refractivity contribution in [1.82, 2.24) is 0 Å². The third-order valence-corrected chi connectivity index (χ3v) is 4.23. The van der Waals surface area contributed by atoms with Gasteiger partial charge in [0.15, 0.2) is 0 Å². The molecule has 2 heteroatoms. The summed E-state index contributed by atoms with van der Waals surface area (Å²) in [6.07, 6.45) is 0. The van der Waals surface area contributed by atoms with Gasteiger partial charge in [0.05, 0.1) is 0 Å². The van der Waals surface area contributed by atoms with Crippen molar-refractivity contribution in [3.63, 3.8) is 0 Å². The van der Waals surface area contributed by atoms with Crippen LogP contribution in [-0.2, 0) is 5.60 Å². The Balaban J connectivity index is 2.42. The first kappa shape index (κ1) is 14.3. The molecule has 0 heterocycles. The summed E-state index contributed by atoms with van der Waals surface area (Å²) in [5.74, 6) is 0.502. The average molecular weight is 319 g/mol. The first-order valence-corrected chi connectivity index (χ1v) is 7.30. The summed E-state index contributed by atoms with van der Waals surface area (Å²) >= 11 is 3.51. The van der Waals surface area contributed by atoms with Gasteiger partial charge in [0, 0.05) is 10.0 Å². The number of rotatable bonds is 3. The molecule has 1 N–H and O–H groups in total. The second-order valence-electron chi connectivity index (χ2n) is 5.33. The fourth-order valence-corrected chi connectivity index (χ4v) is 2.87. The third kappa shape index (κ3) is 2.90. The Kier molecular flexibility index (Phi) is 4.12. The predicted octanol–water partition coefficient (Wildman–Crippen LogP) is 4.83. The van der Waals surface area contributed by atoms with E-state index in [0.717, 1.165) is 15.6 Å². The summed E-state index contributed by atoms with van der Waals surface area (Å²) in [6.45, 7) is 6.17. The van der Waals surface area contributed by atoms with Crippen LogP contribution in [0.5, 0.6) is 0 Å². The summed E-state index contributed by atoms with van der Waals surface area (Å²) in [5, 5.41) is 10.8. The molecular formula is C17H19BrO. The highest BCUT2D eigenvalue weighted by Crippen LogP contribution is 2.34. The van der Waals surface area contributed by atoms with Gasteiger partial charge in [-0.3, -0.25) is 0 Å². The highest BCUT2D eigenvalue weighted by molar-refractivity contribution is 9.10. The van der Waals surface area contributed by atoms with Crippen molar-refractivity contribution in [3.8, 4) is 0 Å². The highest BCUT2D eigenvalue weighted by atomic mass is 79.9. The molecule has 19 heavy (non-hydrogen) atoms. The zero-order chi connectivity index (χ0) is 14.0. The molecule has 0 bridgehead atoms. The minimum Gasteiger partial charge on any atom is -0.381 e. The molecule has 0 aromatic heterocycles. The Morgan fingerprint density at radius 2 is 1.58 bits per heavy atom. The van der Waals surface area contributed by atoms with Gasteiger partial charge in [-0.1, -0.05) is 72.2 Å². The molecule has 0 fully saturated rings. The van der Waals surface area contributed by atoms with E-state index in [1.807, 2.05) is 43.3 Å². The normalized spacial score (nSPS) is 14.4. The standard InChI is InChI=1S/C17H19BrO/c1-12(2)13-8-10-14(11-9-13)17(3,19)15-6-4-5-7-16(15)18/h4-12,19H,1-3H3. The van der Waals surface area contributed by atoms with Gasteiger partial charge in [0.2, 0.25) is 0 Å². The molecule has 1 unspecified atom stereocenters. The van der Waals surface area contributed by atoms with Crippen LogP contribution in [0.2, 0.25) is 0 Å². The van der Waals surface area contributed by atoms with Crippen molar-refractivity contribution >= 4 is 15.9 Å². The number of hydrogen-bond donors (Lipinski definition) is 1. The van der Waals surface area contributed by atoms with Gasteiger partial charge in [-0.25, -0.2) is 0 Å². The van der Waals surface area contributed by atoms with E-state index in [9.17, 15) is 5.11 Å². The van der Waals surface area contributed by atoms with E-state index in [2.05, 4.69) is 41.9 Å². The summed E-state index contributed by atoms with van der Waals surface area (Å²) in [7, 11) is 0. The van der Waals surface area contributed by atoms with Gasteiger partial charge >= 0.3 is 0 Å². The van der Waals surface area contributed by atoms with Crippen molar-refractivity contribution in [2.75, 3.05) is 0 Å². The van der Waals surface area contributed by atoms with Crippen LogP contribution in [-0.4, -0.2) is 5.11 Å². The van der Waals surface area contributed by atoms with E-state index in [1.54, 1.807) is 0 Å². The zero-order valence-corrected chi connectivity index (χ0v) is 13.1. The summed E-state index contributed by atoms with van der Waals surface area (Å²) < 4.78 is 0.924. The lowest BCUT2D eigenvalue weighted by Crippen LogP contribution is -2.23. The van der Waals surface area contributed by atoms with Crippen LogP contribution in [0.4, 0.5) is 0 Å². The molecule has 0 spiro atoms. The van der Waals surface area contributed by atoms with E-state index < -0.39 is 5.60 Å². The van der Waals surface area contributed by atoms with Crippen molar-refractivity contribution < 1.29 is 5.11 Å². The topological polar surface area (TPSA) is 20.2 Å². The van der Waals surface area contributed by atoms with Crippen LogP contribution in [0.3, 0.4) is 0 Å². The van der Waals surface area contributed by atoms with Crippen LogP contribution >= 0.6 is 15.9 Å². The van der Waals surface area contributed by atoms with Crippen LogP contribution in [0.1, 0.15) is 43.4 Å². The smallest absolute Gasteiger partial charge is 0.113 e. The largest absolute Gasteiger partial charge is 0.381 e. The lowest BCUT2D eigenvalue weighted by Gasteiger charge is -2.26. The average Bonchev–Trinajstić information content (AvgIpc) is 2.39. The molecule has 2 aromatic rings. The Morgan fingerprint density at radius 1 is 1.00 bits per heavy atom. The van der Waals surface area contributed by atoms with E-state index in [1.165, 1.54) is 5.56 Å². The maximum atomic E-state index is 10.8. The van der Waals surface area contributed by atoms with Gasteiger partial charge in [-0.05, 0) is 30.0 Å². The fourth-order valence-electron chi connectivity index (χ4n) is 2.20. The summed E-state index contributed by atoms with van der Waals surface area (Å²) in [5.41, 5.74) is 2.08. The summed E-state index contributed by atoms with van der Waals surface area (Å²) in [6, 6.07) is 16.0. The number of aliphatic hydroxyl groups is 1. The second-order valence-corrected chi connectivity index (χ2v) is 6.18.